The third-order valence-corrected chi connectivity index (χ3v) is 3.36. The van der Waals surface area contributed by atoms with Crippen LogP contribution < -0.4 is 4.90 Å². The Morgan fingerprint density at radius 3 is 2.59 bits per heavy atom. The fraction of sp³-hybridized carbons (Fsp3) is 0.235. The second-order valence-corrected chi connectivity index (χ2v) is 6.18. The third kappa shape index (κ3) is 2.15. The van der Waals surface area contributed by atoms with E-state index in [9.17, 15) is 14.4 Å². The number of hydrogen-bond acceptors (Lipinski definition) is 4. The molecular formula is C17H15NO4. The van der Waals surface area contributed by atoms with E-state index in [4.69, 9.17) is 4.74 Å². The first-order valence-corrected chi connectivity index (χ1v) is 6.91. The first-order chi connectivity index (χ1) is 10.3. The summed E-state index contributed by atoms with van der Waals surface area (Å²) in [5.41, 5.74) is 0.540. The van der Waals surface area contributed by atoms with E-state index in [2.05, 4.69) is 0 Å². The highest BCUT2D eigenvalue weighted by Crippen LogP contribution is 2.38. The van der Waals surface area contributed by atoms with Gasteiger partial charge in [0.1, 0.15) is 11.9 Å². The first kappa shape index (κ1) is 14.3. The summed E-state index contributed by atoms with van der Waals surface area (Å²) in [5, 5.41) is 1.42. The van der Waals surface area contributed by atoms with E-state index in [0.717, 1.165) is 10.3 Å². The quantitative estimate of drug-likeness (QED) is 0.755. The highest BCUT2D eigenvalue weighted by Gasteiger charge is 2.37. The number of anilines is 1. The number of amides is 2. The van der Waals surface area contributed by atoms with Crippen LogP contribution in [0, 0.1) is 0 Å². The molecule has 1 heterocycles. The Hall–Kier alpha value is -2.69. The zero-order chi connectivity index (χ0) is 16.1. The molecule has 1 aliphatic rings. The maximum Gasteiger partial charge on any atom is 0.422 e. The molecule has 0 bridgehead atoms. The molecule has 112 valence electrons. The van der Waals surface area contributed by atoms with Crippen molar-refractivity contribution in [2.75, 3.05) is 4.90 Å². The molecule has 2 amide bonds. The van der Waals surface area contributed by atoms with Crippen molar-refractivity contribution in [3.63, 3.8) is 0 Å². The van der Waals surface area contributed by atoms with Crippen LogP contribution >= 0.6 is 0 Å². The molecule has 0 saturated carbocycles. The lowest BCUT2D eigenvalue weighted by Crippen LogP contribution is -2.38. The van der Waals surface area contributed by atoms with Crippen LogP contribution in [0.5, 0.6) is 0 Å². The van der Waals surface area contributed by atoms with Crippen molar-refractivity contribution in [1.29, 1.82) is 0 Å². The highest BCUT2D eigenvalue weighted by atomic mass is 16.6. The SMILES string of the molecule is CC(C)(C)OC(=O)N1C(=O)c2cc(C=O)cc3cccc1c23. The zero-order valence-electron chi connectivity index (χ0n) is 12.5. The molecule has 2 aromatic carbocycles. The van der Waals surface area contributed by atoms with Crippen LogP contribution in [0.4, 0.5) is 10.5 Å². The van der Waals surface area contributed by atoms with Gasteiger partial charge in [0, 0.05) is 10.9 Å². The Kier molecular flexibility index (Phi) is 3.02. The van der Waals surface area contributed by atoms with Gasteiger partial charge in [-0.25, -0.2) is 9.69 Å². The second-order valence-electron chi connectivity index (χ2n) is 6.18. The highest BCUT2D eigenvalue weighted by molar-refractivity contribution is 6.33. The number of imide groups is 1. The van der Waals surface area contributed by atoms with Crippen molar-refractivity contribution in [3.8, 4) is 0 Å². The molecule has 0 aromatic heterocycles. The maximum atomic E-state index is 12.6. The van der Waals surface area contributed by atoms with Crippen molar-refractivity contribution in [2.24, 2.45) is 0 Å². The van der Waals surface area contributed by atoms with Gasteiger partial charge in [-0.2, -0.15) is 0 Å². The summed E-state index contributed by atoms with van der Waals surface area (Å²) in [4.78, 5) is 37.0. The molecule has 0 spiro atoms. The van der Waals surface area contributed by atoms with Crippen LogP contribution in [0.1, 0.15) is 41.5 Å². The van der Waals surface area contributed by atoms with Crippen molar-refractivity contribution >= 4 is 34.7 Å². The number of benzene rings is 2. The average Bonchev–Trinajstić information content (AvgIpc) is 2.71. The largest absolute Gasteiger partial charge is 0.443 e. The summed E-state index contributed by atoms with van der Waals surface area (Å²) in [6.45, 7) is 5.22. The summed E-state index contributed by atoms with van der Waals surface area (Å²) in [7, 11) is 0. The minimum atomic E-state index is -0.714. The van der Waals surface area contributed by atoms with E-state index in [1.54, 1.807) is 45.0 Å². The average molecular weight is 297 g/mol. The lowest BCUT2D eigenvalue weighted by molar-refractivity contribution is 0.0567. The molecule has 1 aliphatic heterocycles. The summed E-state index contributed by atoms with van der Waals surface area (Å²) in [6.07, 6.45) is -0.0275. The van der Waals surface area contributed by atoms with Gasteiger partial charge in [0.2, 0.25) is 0 Å². The van der Waals surface area contributed by atoms with Crippen LogP contribution in [-0.2, 0) is 4.74 Å². The molecule has 2 aromatic rings. The minimum Gasteiger partial charge on any atom is -0.443 e. The van der Waals surface area contributed by atoms with Gasteiger partial charge in [0.15, 0.2) is 0 Å². The molecule has 0 unspecified atom stereocenters. The molecule has 0 aliphatic carbocycles. The van der Waals surface area contributed by atoms with Crippen molar-refractivity contribution in [1.82, 2.24) is 0 Å². The van der Waals surface area contributed by atoms with E-state index in [-0.39, 0.29) is 0 Å². The Labute approximate surface area is 127 Å². The van der Waals surface area contributed by atoms with Crippen LogP contribution in [0.15, 0.2) is 30.3 Å². The summed E-state index contributed by atoms with van der Waals surface area (Å²) in [5.74, 6) is -0.468. The number of ether oxygens (including phenoxy) is 1. The van der Waals surface area contributed by atoms with Crippen LogP contribution in [0.25, 0.3) is 10.8 Å². The van der Waals surface area contributed by atoms with Gasteiger partial charge >= 0.3 is 6.09 Å². The van der Waals surface area contributed by atoms with Crippen molar-refractivity contribution in [2.45, 2.75) is 26.4 Å². The minimum absolute atomic E-state index is 0.348. The summed E-state index contributed by atoms with van der Waals surface area (Å²) >= 11 is 0. The van der Waals surface area contributed by atoms with Crippen LogP contribution in [-0.4, -0.2) is 23.9 Å². The Morgan fingerprint density at radius 2 is 1.95 bits per heavy atom. The normalized spacial score (nSPS) is 13.6. The number of carbonyl (C=O) groups excluding carboxylic acids is 3. The molecule has 0 radical (unpaired) electrons. The molecular weight excluding hydrogens is 282 g/mol. The maximum absolute atomic E-state index is 12.6. The first-order valence-electron chi connectivity index (χ1n) is 6.91. The molecule has 0 fully saturated rings. The van der Waals surface area contributed by atoms with Gasteiger partial charge in [-0.15, -0.1) is 0 Å². The predicted octanol–water partition coefficient (Wildman–Crippen LogP) is 3.55. The smallest absolute Gasteiger partial charge is 0.422 e. The van der Waals surface area contributed by atoms with Gasteiger partial charge in [0.05, 0.1) is 11.3 Å². The number of hydrogen-bond donors (Lipinski definition) is 0. The van der Waals surface area contributed by atoms with E-state index in [1.807, 2.05) is 0 Å². The van der Waals surface area contributed by atoms with Crippen LogP contribution in [0.2, 0.25) is 0 Å². The number of aldehydes is 1. The van der Waals surface area contributed by atoms with E-state index in [0.29, 0.717) is 28.5 Å². The molecule has 0 N–H and O–H groups in total. The van der Waals surface area contributed by atoms with Crippen LogP contribution in [0.3, 0.4) is 0 Å². The fourth-order valence-corrected chi connectivity index (χ4v) is 2.57. The fourth-order valence-electron chi connectivity index (χ4n) is 2.57. The monoisotopic (exact) mass is 297 g/mol. The Morgan fingerprint density at radius 1 is 1.23 bits per heavy atom. The van der Waals surface area contributed by atoms with Gasteiger partial charge in [-0.05, 0) is 44.4 Å². The molecule has 3 rings (SSSR count). The van der Waals surface area contributed by atoms with Crippen molar-refractivity contribution < 1.29 is 19.1 Å². The number of carbonyl (C=O) groups is 3. The predicted molar refractivity (Wildman–Crippen MR) is 82.4 cm³/mol. The topological polar surface area (TPSA) is 63.7 Å². The molecule has 0 saturated heterocycles. The molecule has 22 heavy (non-hydrogen) atoms. The van der Waals surface area contributed by atoms with Crippen molar-refractivity contribution in [3.05, 3.63) is 41.5 Å². The van der Waals surface area contributed by atoms with Gasteiger partial charge < -0.3 is 4.74 Å². The third-order valence-electron chi connectivity index (χ3n) is 3.36. The van der Waals surface area contributed by atoms with Gasteiger partial charge in [-0.3, -0.25) is 9.59 Å². The lowest BCUT2D eigenvalue weighted by Gasteiger charge is -2.23. The summed E-state index contributed by atoms with van der Waals surface area (Å²) < 4.78 is 5.31. The Bertz CT molecular complexity index is 817. The molecule has 5 heteroatoms. The lowest BCUT2D eigenvalue weighted by atomic mass is 10.0. The summed E-state index contributed by atoms with van der Waals surface area (Å²) in [6, 6.07) is 8.45. The zero-order valence-corrected chi connectivity index (χ0v) is 12.5. The second kappa shape index (κ2) is 4.66. The van der Waals surface area contributed by atoms with E-state index >= 15 is 0 Å². The number of nitrogens with zero attached hydrogens (tertiary/aromatic N) is 1. The van der Waals surface area contributed by atoms with Gasteiger partial charge in [-0.1, -0.05) is 12.1 Å². The molecule has 5 nitrogen and oxygen atoms in total. The van der Waals surface area contributed by atoms with E-state index < -0.39 is 17.6 Å². The standard InChI is InChI=1S/C17H15NO4/c1-17(2,3)22-16(21)18-13-6-4-5-11-7-10(9-19)8-12(14(11)13)15(18)20/h4-9H,1-3H3. The number of rotatable bonds is 1. The Balaban J connectivity index is 2.16. The van der Waals surface area contributed by atoms with E-state index in [1.165, 1.54) is 6.07 Å². The van der Waals surface area contributed by atoms with Gasteiger partial charge in [0.25, 0.3) is 5.91 Å². The molecule has 0 atom stereocenters.